The smallest absolute Gasteiger partial charge is 0.258 e. The topological polar surface area (TPSA) is 38.4 Å². The molecule has 0 aromatic heterocycles. The van der Waals surface area contributed by atoms with Gasteiger partial charge in [0.1, 0.15) is 0 Å². The molecule has 2 N–H and O–H groups in total. The van der Waals surface area contributed by atoms with E-state index in [9.17, 15) is 13.2 Å². The normalized spacial score (nSPS) is 13.0. The van der Waals surface area contributed by atoms with Gasteiger partial charge in [0.15, 0.2) is 5.71 Å². The van der Waals surface area contributed by atoms with Crippen LogP contribution in [0.2, 0.25) is 0 Å². The summed E-state index contributed by atoms with van der Waals surface area (Å²) in [6.45, 7) is 3.59. The molecule has 0 aliphatic heterocycles. The number of benzene rings is 1. The van der Waals surface area contributed by atoms with Crippen molar-refractivity contribution in [3.05, 3.63) is 34.9 Å². The Morgan fingerprint density at radius 2 is 1.88 bits per heavy atom. The number of rotatable bonds is 2. The summed E-state index contributed by atoms with van der Waals surface area (Å²) in [5.41, 5.74) is 0.804. The first-order valence-corrected chi connectivity index (χ1v) is 5.28. The summed E-state index contributed by atoms with van der Waals surface area (Å²) < 4.78 is 41.1. The highest BCUT2D eigenvalue weighted by Gasteiger charge is 2.37. The molecular formula is C10H11F3N2S. The molecule has 0 spiro atoms. The van der Waals surface area contributed by atoms with Gasteiger partial charge in [0, 0.05) is 5.56 Å². The van der Waals surface area contributed by atoms with Crippen molar-refractivity contribution in [2.24, 2.45) is 9.54 Å². The zero-order valence-corrected chi connectivity index (χ0v) is 9.62. The molecule has 2 nitrogen and oxygen atoms in total. The van der Waals surface area contributed by atoms with Crippen molar-refractivity contribution in [1.82, 2.24) is 0 Å². The molecule has 0 aliphatic carbocycles. The van der Waals surface area contributed by atoms with E-state index in [1.165, 1.54) is 12.1 Å². The number of aryl methyl sites for hydroxylation is 2. The highest BCUT2D eigenvalue weighted by Crippen LogP contribution is 2.25. The van der Waals surface area contributed by atoms with Gasteiger partial charge in [-0.05, 0) is 31.0 Å². The van der Waals surface area contributed by atoms with Crippen molar-refractivity contribution < 1.29 is 13.2 Å². The van der Waals surface area contributed by atoms with Gasteiger partial charge >= 0.3 is 6.18 Å². The third-order valence-electron chi connectivity index (χ3n) is 2.19. The van der Waals surface area contributed by atoms with E-state index in [1.54, 1.807) is 13.0 Å². The van der Waals surface area contributed by atoms with Gasteiger partial charge in [0.2, 0.25) is 0 Å². The Bertz CT molecular complexity index is 413. The van der Waals surface area contributed by atoms with Crippen LogP contribution in [0.4, 0.5) is 13.2 Å². The number of nitrogens with two attached hydrogens (primary N) is 1. The van der Waals surface area contributed by atoms with Crippen molar-refractivity contribution in [3.63, 3.8) is 0 Å². The molecule has 0 unspecified atom stereocenters. The van der Waals surface area contributed by atoms with E-state index in [4.69, 9.17) is 5.14 Å². The van der Waals surface area contributed by atoms with Crippen LogP contribution < -0.4 is 5.14 Å². The summed E-state index contributed by atoms with van der Waals surface area (Å²) in [5, 5.41) is 4.96. The second-order valence-electron chi connectivity index (χ2n) is 3.34. The van der Waals surface area contributed by atoms with Crippen LogP contribution in [0.1, 0.15) is 16.7 Å². The predicted molar refractivity (Wildman–Crippen MR) is 60.3 cm³/mol. The molecule has 88 valence electrons. The highest BCUT2D eigenvalue weighted by atomic mass is 32.2. The third-order valence-corrected chi connectivity index (χ3v) is 2.48. The molecule has 0 fully saturated rings. The van der Waals surface area contributed by atoms with Crippen LogP contribution in [0.3, 0.4) is 0 Å². The molecule has 0 saturated carbocycles. The predicted octanol–water partition coefficient (Wildman–Crippen LogP) is 3.18. The van der Waals surface area contributed by atoms with Gasteiger partial charge in [0.05, 0.1) is 12.1 Å². The summed E-state index contributed by atoms with van der Waals surface area (Å²) in [4.78, 5) is 0. The van der Waals surface area contributed by atoms with Gasteiger partial charge < -0.3 is 0 Å². The van der Waals surface area contributed by atoms with E-state index in [0.717, 1.165) is 11.1 Å². The number of hydrogen-bond donors (Lipinski definition) is 1. The van der Waals surface area contributed by atoms with Gasteiger partial charge in [0.25, 0.3) is 0 Å². The first-order valence-electron chi connectivity index (χ1n) is 4.45. The second-order valence-corrected chi connectivity index (χ2v) is 3.74. The van der Waals surface area contributed by atoms with E-state index < -0.39 is 11.9 Å². The lowest BCUT2D eigenvalue weighted by Crippen LogP contribution is -2.24. The van der Waals surface area contributed by atoms with Crippen LogP contribution in [-0.2, 0) is 0 Å². The minimum atomic E-state index is -4.49. The van der Waals surface area contributed by atoms with Crippen molar-refractivity contribution >= 4 is 17.8 Å². The summed E-state index contributed by atoms with van der Waals surface area (Å²) in [7, 11) is 0. The Balaban J connectivity index is 3.23. The monoisotopic (exact) mass is 248 g/mol. The Morgan fingerprint density at radius 3 is 2.31 bits per heavy atom. The zero-order chi connectivity index (χ0) is 12.3. The minimum Gasteiger partial charge on any atom is -0.258 e. The van der Waals surface area contributed by atoms with Gasteiger partial charge in [-0.2, -0.15) is 17.6 Å². The van der Waals surface area contributed by atoms with E-state index in [-0.39, 0.29) is 5.56 Å². The van der Waals surface area contributed by atoms with E-state index in [0.29, 0.717) is 12.1 Å². The maximum absolute atomic E-state index is 12.6. The fourth-order valence-electron chi connectivity index (χ4n) is 1.21. The fraction of sp³-hybridized carbons (Fsp3) is 0.300. The zero-order valence-electron chi connectivity index (χ0n) is 8.80. The second kappa shape index (κ2) is 4.88. The Morgan fingerprint density at radius 1 is 1.25 bits per heavy atom. The SMILES string of the molecule is Cc1ccc(/C(=N\SN)C(F)(F)F)cc1C. The molecule has 1 rings (SSSR count). The largest absolute Gasteiger partial charge is 0.434 e. The number of halogens is 3. The average Bonchev–Trinajstić information content (AvgIpc) is 2.17. The van der Waals surface area contributed by atoms with Crippen LogP contribution in [-0.4, -0.2) is 11.9 Å². The number of hydrogen-bond acceptors (Lipinski definition) is 3. The molecule has 6 heteroatoms. The van der Waals surface area contributed by atoms with Gasteiger partial charge in [-0.3, -0.25) is 5.14 Å². The van der Waals surface area contributed by atoms with Crippen molar-refractivity contribution in [2.45, 2.75) is 20.0 Å². The molecule has 0 bridgehead atoms. The molecule has 0 saturated heterocycles. The van der Waals surface area contributed by atoms with Gasteiger partial charge in [-0.1, -0.05) is 12.1 Å². The van der Waals surface area contributed by atoms with Crippen LogP contribution in [0.25, 0.3) is 0 Å². The first-order chi connectivity index (χ1) is 7.36. The molecule has 0 atom stereocenters. The lowest BCUT2D eigenvalue weighted by atomic mass is 10.0. The molecule has 16 heavy (non-hydrogen) atoms. The average molecular weight is 248 g/mol. The Labute approximate surface area is 96.0 Å². The molecule has 0 amide bonds. The maximum Gasteiger partial charge on any atom is 0.434 e. The van der Waals surface area contributed by atoms with Crippen molar-refractivity contribution in [2.75, 3.05) is 0 Å². The van der Waals surface area contributed by atoms with E-state index in [2.05, 4.69) is 4.40 Å². The standard InChI is InChI=1S/C10H11F3N2S/c1-6-3-4-8(5-7(6)2)9(15-16-14)10(11,12)13/h3-5H,14H2,1-2H3/b15-9+. The minimum absolute atomic E-state index is 0.0357. The number of nitrogens with zero attached hydrogens (tertiary/aromatic N) is 1. The molecule has 1 aromatic carbocycles. The fourth-order valence-corrected chi connectivity index (χ4v) is 1.52. The quantitative estimate of drug-likeness (QED) is 0.645. The van der Waals surface area contributed by atoms with Gasteiger partial charge in [-0.15, -0.1) is 0 Å². The summed E-state index contributed by atoms with van der Waals surface area (Å²) in [5.74, 6) is 0. The van der Waals surface area contributed by atoms with Crippen LogP contribution in [0, 0.1) is 13.8 Å². The summed E-state index contributed by atoms with van der Waals surface area (Å²) >= 11 is 0.309. The molecular weight excluding hydrogens is 237 g/mol. The van der Waals surface area contributed by atoms with E-state index in [1.807, 2.05) is 6.92 Å². The highest BCUT2D eigenvalue weighted by molar-refractivity contribution is 7.95. The Kier molecular flexibility index (Phi) is 3.98. The lowest BCUT2D eigenvalue weighted by molar-refractivity contribution is -0.0578. The Hall–Kier alpha value is -1.01. The van der Waals surface area contributed by atoms with Crippen LogP contribution >= 0.6 is 12.1 Å². The van der Waals surface area contributed by atoms with Gasteiger partial charge in [-0.25, -0.2) is 0 Å². The molecule has 0 radical (unpaired) electrons. The first kappa shape index (κ1) is 13.1. The third kappa shape index (κ3) is 2.99. The van der Waals surface area contributed by atoms with E-state index >= 15 is 0 Å². The molecule has 0 heterocycles. The maximum atomic E-state index is 12.6. The summed E-state index contributed by atoms with van der Waals surface area (Å²) in [6, 6.07) is 4.48. The van der Waals surface area contributed by atoms with Crippen LogP contribution in [0.15, 0.2) is 22.6 Å². The number of alkyl halides is 3. The molecule has 0 aliphatic rings. The van der Waals surface area contributed by atoms with Crippen LogP contribution in [0.5, 0.6) is 0 Å². The lowest BCUT2D eigenvalue weighted by Gasteiger charge is -2.11. The molecule has 1 aromatic rings. The summed E-state index contributed by atoms with van der Waals surface area (Å²) in [6.07, 6.45) is -4.49. The van der Waals surface area contributed by atoms with Crippen molar-refractivity contribution in [1.29, 1.82) is 0 Å². The van der Waals surface area contributed by atoms with Crippen molar-refractivity contribution in [3.8, 4) is 0 Å².